The molecule has 2 aromatic rings. The van der Waals surface area contributed by atoms with Gasteiger partial charge in [-0.2, -0.15) is 0 Å². The van der Waals surface area contributed by atoms with Crippen LogP contribution >= 0.6 is 23.2 Å². The number of anilines is 1. The van der Waals surface area contributed by atoms with E-state index in [9.17, 15) is 18.0 Å². The third kappa shape index (κ3) is 8.11. The van der Waals surface area contributed by atoms with Crippen molar-refractivity contribution in [1.82, 2.24) is 10.2 Å². The molecule has 0 aliphatic rings. The van der Waals surface area contributed by atoms with Crippen LogP contribution < -0.4 is 9.62 Å². The van der Waals surface area contributed by atoms with E-state index < -0.39 is 28.5 Å². The van der Waals surface area contributed by atoms with Crippen LogP contribution in [0.1, 0.15) is 51.7 Å². The highest BCUT2D eigenvalue weighted by molar-refractivity contribution is 7.92. The molecule has 0 unspecified atom stereocenters. The summed E-state index contributed by atoms with van der Waals surface area (Å²) in [7, 11) is -3.79. The number of aryl methyl sites for hydroxylation is 1. The Morgan fingerprint density at radius 1 is 1.00 bits per heavy atom. The van der Waals surface area contributed by atoms with Gasteiger partial charge in [-0.1, -0.05) is 62.2 Å². The van der Waals surface area contributed by atoms with Gasteiger partial charge >= 0.3 is 0 Å². The van der Waals surface area contributed by atoms with Crippen molar-refractivity contribution in [3.63, 3.8) is 0 Å². The minimum atomic E-state index is -3.79. The highest BCUT2D eigenvalue weighted by atomic mass is 35.5. The number of carbonyl (C=O) groups excluding carboxylic acids is 2. The Morgan fingerprint density at radius 2 is 1.64 bits per heavy atom. The summed E-state index contributed by atoms with van der Waals surface area (Å²) >= 11 is 12.4. The van der Waals surface area contributed by atoms with Crippen LogP contribution in [0, 0.1) is 0 Å². The van der Waals surface area contributed by atoms with Gasteiger partial charge < -0.3 is 10.2 Å². The van der Waals surface area contributed by atoms with Crippen LogP contribution in [0.15, 0.2) is 42.5 Å². The Hall–Kier alpha value is -2.29. The lowest BCUT2D eigenvalue weighted by Crippen LogP contribution is -2.53. The van der Waals surface area contributed by atoms with Crippen LogP contribution in [-0.4, -0.2) is 50.0 Å². The summed E-state index contributed by atoms with van der Waals surface area (Å²) in [5.74, 6) is -0.819. The smallest absolute Gasteiger partial charge is 0.244 e. The topological polar surface area (TPSA) is 86.8 Å². The van der Waals surface area contributed by atoms with Gasteiger partial charge in [0, 0.05) is 22.6 Å². The number of halogens is 2. The predicted octanol–water partition coefficient (Wildman–Crippen LogP) is 5.04. The quantitative estimate of drug-likeness (QED) is 0.397. The standard InChI is InChI=1S/C26H35Cl2N3O4S/c1-6-18(4)29-26(33)24(8-3)30(16-20-11-12-21(27)15-23(20)28)25(32)17-31(36(5,34)35)22-13-9-19(7-2)10-14-22/h9-15,18,24H,6-8,16-17H2,1-5H3,(H,29,33)/t18-,24-/m0/s1. The number of nitrogens with one attached hydrogen (secondary N) is 1. The average molecular weight is 557 g/mol. The summed E-state index contributed by atoms with van der Waals surface area (Å²) in [5, 5.41) is 3.74. The summed E-state index contributed by atoms with van der Waals surface area (Å²) in [6.07, 6.45) is 2.93. The maximum atomic E-state index is 13.7. The van der Waals surface area contributed by atoms with Crippen molar-refractivity contribution in [1.29, 1.82) is 0 Å². The predicted molar refractivity (Wildman–Crippen MR) is 147 cm³/mol. The fourth-order valence-electron chi connectivity index (χ4n) is 3.71. The Morgan fingerprint density at radius 3 is 2.14 bits per heavy atom. The van der Waals surface area contributed by atoms with Gasteiger partial charge in [0.15, 0.2) is 0 Å². The second-order valence-electron chi connectivity index (χ2n) is 8.79. The van der Waals surface area contributed by atoms with Gasteiger partial charge in [0.1, 0.15) is 12.6 Å². The SMILES string of the molecule is CCc1ccc(N(CC(=O)N(Cc2ccc(Cl)cc2Cl)[C@@H](CC)C(=O)N[C@@H](C)CC)S(C)(=O)=O)cc1. The fourth-order valence-corrected chi connectivity index (χ4v) is 5.02. The molecule has 198 valence electrons. The molecule has 0 radical (unpaired) electrons. The molecule has 7 nitrogen and oxygen atoms in total. The first-order valence-electron chi connectivity index (χ1n) is 12.0. The second kappa shape index (κ2) is 13.3. The average Bonchev–Trinajstić information content (AvgIpc) is 2.82. The van der Waals surface area contributed by atoms with Gasteiger partial charge in [-0.25, -0.2) is 8.42 Å². The van der Waals surface area contributed by atoms with Crippen LogP contribution in [0.5, 0.6) is 0 Å². The molecule has 0 fully saturated rings. The molecule has 0 spiro atoms. The largest absolute Gasteiger partial charge is 0.352 e. The van der Waals surface area contributed by atoms with Crippen LogP contribution in [0.25, 0.3) is 0 Å². The highest BCUT2D eigenvalue weighted by Gasteiger charge is 2.32. The molecule has 0 aromatic heterocycles. The molecule has 2 amide bonds. The van der Waals surface area contributed by atoms with Gasteiger partial charge in [-0.3, -0.25) is 13.9 Å². The van der Waals surface area contributed by atoms with Gasteiger partial charge in [0.2, 0.25) is 21.8 Å². The molecule has 2 rings (SSSR count). The van der Waals surface area contributed by atoms with Crippen molar-refractivity contribution < 1.29 is 18.0 Å². The van der Waals surface area contributed by atoms with Gasteiger partial charge in [0.05, 0.1) is 11.9 Å². The van der Waals surface area contributed by atoms with E-state index in [1.54, 1.807) is 30.3 Å². The molecular weight excluding hydrogens is 521 g/mol. The maximum absolute atomic E-state index is 13.7. The second-order valence-corrected chi connectivity index (χ2v) is 11.5. The molecule has 0 saturated heterocycles. The van der Waals surface area contributed by atoms with E-state index in [4.69, 9.17) is 23.2 Å². The van der Waals surface area contributed by atoms with Crippen LogP contribution in [-0.2, 0) is 32.6 Å². The normalized spacial score (nSPS) is 13.1. The zero-order valence-corrected chi connectivity index (χ0v) is 23.8. The van der Waals surface area contributed by atoms with Crippen molar-refractivity contribution >= 4 is 50.7 Å². The van der Waals surface area contributed by atoms with E-state index in [0.717, 1.165) is 29.0 Å². The third-order valence-electron chi connectivity index (χ3n) is 6.05. The number of hydrogen-bond donors (Lipinski definition) is 1. The van der Waals surface area contributed by atoms with E-state index in [1.807, 2.05) is 39.8 Å². The van der Waals surface area contributed by atoms with E-state index in [2.05, 4.69) is 5.32 Å². The zero-order valence-electron chi connectivity index (χ0n) is 21.4. The lowest BCUT2D eigenvalue weighted by molar-refractivity contribution is -0.140. The Labute approximate surface area is 224 Å². The monoisotopic (exact) mass is 555 g/mol. The molecule has 0 aliphatic carbocycles. The molecule has 10 heteroatoms. The van der Waals surface area contributed by atoms with Crippen molar-refractivity contribution in [3.05, 3.63) is 63.6 Å². The Balaban J connectivity index is 2.46. The highest BCUT2D eigenvalue weighted by Crippen LogP contribution is 2.25. The molecular formula is C26H35Cl2N3O4S. The fraction of sp³-hybridized carbons (Fsp3) is 0.462. The molecule has 0 heterocycles. The van der Waals surface area contributed by atoms with Crippen molar-refractivity contribution in [3.8, 4) is 0 Å². The zero-order chi connectivity index (χ0) is 27.0. The number of rotatable bonds is 12. The van der Waals surface area contributed by atoms with Crippen LogP contribution in [0.2, 0.25) is 10.0 Å². The Bertz CT molecular complexity index is 1160. The lowest BCUT2D eigenvalue weighted by Gasteiger charge is -2.33. The molecule has 0 saturated carbocycles. The Kier molecular flexibility index (Phi) is 11.1. The summed E-state index contributed by atoms with van der Waals surface area (Å²) in [5.41, 5.74) is 2.03. The minimum absolute atomic E-state index is 0.0215. The summed E-state index contributed by atoms with van der Waals surface area (Å²) in [6, 6.07) is 11.1. The number of carbonyl (C=O) groups is 2. The first-order valence-corrected chi connectivity index (χ1v) is 14.6. The minimum Gasteiger partial charge on any atom is -0.352 e. The van der Waals surface area contributed by atoms with Crippen molar-refractivity contribution in [2.75, 3.05) is 17.1 Å². The molecule has 36 heavy (non-hydrogen) atoms. The first-order chi connectivity index (χ1) is 16.9. The van der Waals surface area contributed by atoms with Gasteiger partial charge in [0.25, 0.3) is 0 Å². The van der Waals surface area contributed by atoms with Gasteiger partial charge in [-0.15, -0.1) is 0 Å². The number of benzene rings is 2. The number of amides is 2. The van der Waals surface area contributed by atoms with Crippen molar-refractivity contribution in [2.24, 2.45) is 0 Å². The van der Waals surface area contributed by atoms with Crippen molar-refractivity contribution in [2.45, 2.75) is 65.6 Å². The molecule has 2 atom stereocenters. The third-order valence-corrected chi connectivity index (χ3v) is 7.78. The summed E-state index contributed by atoms with van der Waals surface area (Å²) < 4.78 is 26.4. The maximum Gasteiger partial charge on any atom is 0.244 e. The number of hydrogen-bond acceptors (Lipinski definition) is 4. The van der Waals surface area contributed by atoms with E-state index >= 15 is 0 Å². The molecule has 1 N–H and O–H groups in total. The summed E-state index contributed by atoms with van der Waals surface area (Å²) in [4.78, 5) is 28.3. The first kappa shape index (κ1) is 29.9. The van der Waals surface area contributed by atoms with Gasteiger partial charge in [-0.05, 0) is 61.6 Å². The molecule has 0 aliphatic heterocycles. The molecule has 0 bridgehead atoms. The molecule has 2 aromatic carbocycles. The summed E-state index contributed by atoms with van der Waals surface area (Å²) in [6.45, 7) is 7.22. The van der Waals surface area contributed by atoms with E-state index in [-0.39, 0.29) is 18.5 Å². The number of sulfonamides is 1. The lowest BCUT2D eigenvalue weighted by atomic mass is 10.1. The number of nitrogens with zero attached hydrogens (tertiary/aromatic N) is 2. The van der Waals surface area contributed by atoms with E-state index in [0.29, 0.717) is 27.7 Å². The van der Waals surface area contributed by atoms with E-state index in [1.165, 1.54) is 4.90 Å². The van der Waals surface area contributed by atoms with Crippen LogP contribution in [0.4, 0.5) is 5.69 Å². The van der Waals surface area contributed by atoms with Crippen LogP contribution in [0.3, 0.4) is 0 Å².